The van der Waals surface area contributed by atoms with Gasteiger partial charge >= 0.3 is 0 Å². The van der Waals surface area contributed by atoms with Crippen LogP contribution < -0.4 is 5.32 Å². The molecule has 0 bridgehead atoms. The summed E-state index contributed by atoms with van der Waals surface area (Å²) in [7, 11) is 0. The van der Waals surface area contributed by atoms with E-state index in [1.54, 1.807) is 6.07 Å². The van der Waals surface area contributed by atoms with Crippen LogP contribution in [-0.2, 0) is 16.0 Å². The number of Topliss-reactive ketones (excluding diaryl/α,β-unsaturated/α-hetero) is 1. The first-order valence-electron chi connectivity index (χ1n) is 6.69. The van der Waals surface area contributed by atoms with E-state index in [1.165, 1.54) is 6.92 Å². The highest BCUT2D eigenvalue weighted by Gasteiger charge is 2.28. The van der Waals surface area contributed by atoms with Crippen molar-refractivity contribution in [1.29, 1.82) is 0 Å². The van der Waals surface area contributed by atoms with Crippen LogP contribution in [0.25, 0.3) is 0 Å². The van der Waals surface area contributed by atoms with Gasteiger partial charge in [0.25, 0.3) is 0 Å². The second-order valence-electron chi connectivity index (χ2n) is 5.20. The van der Waals surface area contributed by atoms with Crippen molar-refractivity contribution in [2.24, 2.45) is 5.92 Å². The van der Waals surface area contributed by atoms with Crippen LogP contribution in [0, 0.1) is 5.92 Å². The minimum absolute atomic E-state index is 0.0256. The Morgan fingerprint density at radius 2 is 2.14 bits per heavy atom. The normalized spacial score (nSPS) is 18.3. The molecule has 2 rings (SSSR count). The third-order valence-electron chi connectivity index (χ3n) is 3.60. The lowest BCUT2D eigenvalue weighted by Gasteiger charge is -2.23. The highest BCUT2D eigenvalue weighted by atomic mass is 79.9. The largest absolute Gasteiger partial charge is 0.296 e. The van der Waals surface area contributed by atoms with Crippen LogP contribution in [0.5, 0.6) is 0 Å². The molecule has 1 fully saturated rings. The smallest absolute Gasteiger partial charge is 0.233 e. The van der Waals surface area contributed by atoms with E-state index < -0.39 is 0 Å². The van der Waals surface area contributed by atoms with Crippen molar-refractivity contribution in [3.63, 3.8) is 0 Å². The second-order valence-corrected chi connectivity index (χ2v) is 6.11. The quantitative estimate of drug-likeness (QED) is 0.516. The van der Waals surface area contributed by atoms with Crippen molar-refractivity contribution in [3.8, 4) is 0 Å². The number of piperidine rings is 1. The molecule has 5 heteroatoms. The Bertz CT molecular complexity index is 636. The highest BCUT2D eigenvalue weighted by Crippen LogP contribution is 2.26. The maximum absolute atomic E-state index is 11.8. The maximum atomic E-state index is 11.8. The van der Waals surface area contributed by atoms with Gasteiger partial charge in [0.2, 0.25) is 11.8 Å². The predicted octanol–water partition coefficient (Wildman–Crippen LogP) is 2.80. The van der Waals surface area contributed by atoms with Gasteiger partial charge < -0.3 is 0 Å². The van der Waals surface area contributed by atoms with Gasteiger partial charge in [0.15, 0.2) is 5.78 Å². The number of rotatable bonds is 4. The number of hydrogen-bond acceptors (Lipinski definition) is 3. The molecule has 1 aromatic rings. The second kappa shape index (κ2) is 6.35. The third-order valence-corrected chi connectivity index (χ3v) is 4.09. The lowest BCUT2D eigenvalue weighted by Crippen LogP contribution is -2.41. The van der Waals surface area contributed by atoms with Gasteiger partial charge in [-0.25, -0.2) is 0 Å². The Labute approximate surface area is 131 Å². The number of amides is 2. The van der Waals surface area contributed by atoms with Crippen molar-refractivity contribution in [3.05, 3.63) is 46.0 Å². The minimum atomic E-state index is -0.369. The first-order valence-corrected chi connectivity index (χ1v) is 7.48. The van der Waals surface area contributed by atoms with E-state index in [4.69, 9.17) is 0 Å². The Balaban J connectivity index is 2.18. The summed E-state index contributed by atoms with van der Waals surface area (Å²) < 4.78 is 0.836. The molecule has 1 unspecified atom stereocenters. The van der Waals surface area contributed by atoms with E-state index >= 15 is 0 Å². The number of hydrogen-bond donors (Lipinski definition) is 1. The molecule has 1 aromatic carbocycles. The summed E-state index contributed by atoms with van der Waals surface area (Å²) in [6.45, 7) is 5.49. The van der Waals surface area contributed by atoms with Crippen LogP contribution in [0.4, 0.5) is 0 Å². The molecule has 21 heavy (non-hydrogen) atoms. The number of imide groups is 1. The van der Waals surface area contributed by atoms with Gasteiger partial charge in [-0.05, 0) is 37.5 Å². The van der Waals surface area contributed by atoms with Crippen LogP contribution in [0.1, 0.15) is 35.7 Å². The molecule has 0 aromatic heterocycles. The molecule has 1 saturated heterocycles. The summed E-state index contributed by atoms with van der Waals surface area (Å²) >= 11 is 3.35. The zero-order chi connectivity index (χ0) is 15.6. The molecule has 0 aliphatic carbocycles. The Morgan fingerprint density at radius 1 is 1.43 bits per heavy atom. The van der Waals surface area contributed by atoms with Crippen molar-refractivity contribution in [1.82, 2.24) is 5.32 Å². The average molecular weight is 350 g/mol. The van der Waals surface area contributed by atoms with Crippen molar-refractivity contribution < 1.29 is 14.4 Å². The van der Waals surface area contributed by atoms with E-state index in [9.17, 15) is 14.4 Å². The Hall–Kier alpha value is -1.75. The zero-order valence-electron chi connectivity index (χ0n) is 11.7. The fraction of sp³-hybridized carbons (Fsp3) is 0.312. The van der Waals surface area contributed by atoms with Crippen molar-refractivity contribution in [2.75, 3.05) is 0 Å². The zero-order valence-corrected chi connectivity index (χ0v) is 13.3. The lowest BCUT2D eigenvalue weighted by atomic mass is 9.86. The summed E-state index contributed by atoms with van der Waals surface area (Å²) in [5, 5.41) is 2.33. The number of carbonyl (C=O) groups excluding carboxylic acids is 3. The third kappa shape index (κ3) is 3.67. The van der Waals surface area contributed by atoms with Gasteiger partial charge in [0.1, 0.15) is 0 Å². The van der Waals surface area contributed by atoms with E-state index in [0.29, 0.717) is 24.8 Å². The topological polar surface area (TPSA) is 63.2 Å². The summed E-state index contributed by atoms with van der Waals surface area (Å²) in [5.74, 6) is -0.927. The van der Waals surface area contributed by atoms with Crippen LogP contribution in [0.2, 0.25) is 0 Å². The van der Waals surface area contributed by atoms with Gasteiger partial charge in [-0.15, -0.1) is 0 Å². The van der Waals surface area contributed by atoms with E-state index in [1.807, 2.05) is 12.1 Å². The Morgan fingerprint density at radius 3 is 2.76 bits per heavy atom. The molecule has 0 saturated carbocycles. The summed E-state index contributed by atoms with van der Waals surface area (Å²) in [5.41, 5.74) is 2.20. The van der Waals surface area contributed by atoms with Crippen LogP contribution in [0.3, 0.4) is 0 Å². The van der Waals surface area contributed by atoms with Crippen LogP contribution in [-0.4, -0.2) is 17.6 Å². The fourth-order valence-electron chi connectivity index (χ4n) is 2.48. The molecule has 1 heterocycles. The fourth-order valence-corrected chi connectivity index (χ4v) is 2.84. The minimum Gasteiger partial charge on any atom is -0.296 e. The first-order chi connectivity index (χ1) is 9.88. The van der Waals surface area contributed by atoms with Crippen LogP contribution >= 0.6 is 15.9 Å². The molecule has 1 N–H and O–H groups in total. The van der Waals surface area contributed by atoms with Gasteiger partial charge in [-0.2, -0.15) is 0 Å². The lowest BCUT2D eigenvalue weighted by molar-refractivity contribution is -0.135. The Kier molecular flexibility index (Phi) is 4.73. The summed E-state index contributed by atoms with van der Waals surface area (Å²) in [6.07, 6.45) is 1.26. The number of halogens is 1. The number of benzene rings is 1. The molecular formula is C16H16BrNO3. The van der Waals surface area contributed by atoms with E-state index in [0.717, 1.165) is 15.6 Å². The SMILES string of the molecule is C=C(Cc1ccc(Br)cc1C(C)=O)C1CCC(=O)NC1=O. The highest BCUT2D eigenvalue weighted by molar-refractivity contribution is 9.10. The molecule has 2 amide bonds. The molecular weight excluding hydrogens is 334 g/mol. The standard InChI is InChI=1S/C16H16BrNO3/c1-9(13-5-6-15(20)18-16(13)21)7-11-3-4-12(17)8-14(11)10(2)19/h3-4,8,13H,1,5-7H2,2H3,(H,18,20,21). The van der Waals surface area contributed by atoms with Crippen LogP contribution in [0.15, 0.2) is 34.8 Å². The van der Waals surface area contributed by atoms with Gasteiger partial charge in [-0.1, -0.05) is 34.1 Å². The molecule has 1 aliphatic rings. The monoisotopic (exact) mass is 349 g/mol. The maximum Gasteiger partial charge on any atom is 0.233 e. The van der Waals surface area contributed by atoms with E-state index in [-0.39, 0.29) is 23.5 Å². The molecule has 110 valence electrons. The molecule has 0 radical (unpaired) electrons. The van der Waals surface area contributed by atoms with Gasteiger partial charge in [0.05, 0.1) is 5.92 Å². The number of carbonyl (C=O) groups is 3. The predicted molar refractivity (Wildman–Crippen MR) is 82.9 cm³/mol. The molecule has 0 spiro atoms. The summed E-state index contributed by atoms with van der Waals surface area (Å²) in [4.78, 5) is 34.7. The van der Waals surface area contributed by atoms with Gasteiger partial charge in [0, 0.05) is 16.5 Å². The van der Waals surface area contributed by atoms with E-state index in [2.05, 4.69) is 27.8 Å². The average Bonchev–Trinajstić information content (AvgIpc) is 2.40. The summed E-state index contributed by atoms with van der Waals surface area (Å²) in [6, 6.07) is 5.49. The molecule has 1 atom stereocenters. The molecule has 4 nitrogen and oxygen atoms in total. The first kappa shape index (κ1) is 15.6. The van der Waals surface area contributed by atoms with Crippen molar-refractivity contribution >= 4 is 33.5 Å². The number of nitrogens with one attached hydrogen (secondary N) is 1. The van der Waals surface area contributed by atoms with Crippen molar-refractivity contribution in [2.45, 2.75) is 26.2 Å². The number of ketones is 1. The van der Waals surface area contributed by atoms with Gasteiger partial charge in [-0.3, -0.25) is 19.7 Å². The molecule has 1 aliphatic heterocycles.